The van der Waals surface area contributed by atoms with Crippen molar-refractivity contribution in [3.8, 4) is 0 Å². The number of benzene rings is 1. The fraction of sp³-hybridized carbons (Fsp3) is 0.533. The van der Waals surface area contributed by atoms with Crippen molar-refractivity contribution in [2.24, 2.45) is 5.92 Å². The summed E-state index contributed by atoms with van der Waals surface area (Å²) in [5.41, 5.74) is 0.569. The molecule has 1 aliphatic carbocycles. The lowest BCUT2D eigenvalue weighted by atomic mass is 9.84. The summed E-state index contributed by atoms with van der Waals surface area (Å²) in [7, 11) is 0. The van der Waals surface area contributed by atoms with Crippen LogP contribution in [0, 0.1) is 15.3 Å². The van der Waals surface area contributed by atoms with Crippen molar-refractivity contribution in [3.63, 3.8) is 0 Å². The van der Waals surface area contributed by atoms with Crippen molar-refractivity contribution < 1.29 is 9.18 Å². The van der Waals surface area contributed by atoms with Crippen LogP contribution < -0.4 is 5.32 Å². The minimum atomic E-state index is -0.301. The molecule has 0 aliphatic heterocycles. The first-order valence-electron chi connectivity index (χ1n) is 6.86. The molecule has 2 nitrogen and oxygen atoms in total. The summed E-state index contributed by atoms with van der Waals surface area (Å²) < 4.78 is 13.7. The van der Waals surface area contributed by atoms with E-state index in [1.807, 2.05) is 22.6 Å². The van der Waals surface area contributed by atoms with E-state index in [-0.39, 0.29) is 17.8 Å². The summed E-state index contributed by atoms with van der Waals surface area (Å²) >= 11 is 2.00. The van der Waals surface area contributed by atoms with Gasteiger partial charge in [-0.1, -0.05) is 13.3 Å². The average Bonchev–Trinajstić information content (AvgIpc) is 2.39. The van der Waals surface area contributed by atoms with Crippen LogP contribution >= 0.6 is 22.6 Å². The number of nitrogens with one attached hydrogen (secondary N) is 1. The number of carbonyl (C=O) groups is 1. The Labute approximate surface area is 127 Å². The van der Waals surface area contributed by atoms with E-state index in [0.717, 1.165) is 18.8 Å². The van der Waals surface area contributed by atoms with Gasteiger partial charge in [-0.25, -0.2) is 4.39 Å². The van der Waals surface area contributed by atoms with Gasteiger partial charge in [-0.05, 0) is 72.4 Å². The van der Waals surface area contributed by atoms with Crippen molar-refractivity contribution in [3.05, 3.63) is 33.1 Å². The van der Waals surface area contributed by atoms with E-state index in [1.165, 1.54) is 31.4 Å². The summed E-state index contributed by atoms with van der Waals surface area (Å²) in [6, 6.07) is 4.56. The fourth-order valence-electron chi connectivity index (χ4n) is 2.65. The molecule has 0 spiro atoms. The van der Waals surface area contributed by atoms with E-state index in [1.54, 1.807) is 6.07 Å². The zero-order valence-corrected chi connectivity index (χ0v) is 13.2. The van der Waals surface area contributed by atoms with Crippen LogP contribution in [0.4, 0.5) is 4.39 Å². The molecule has 0 saturated heterocycles. The molecule has 1 saturated carbocycles. The van der Waals surface area contributed by atoms with E-state index in [4.69, 9.17) is 0 Å². The maximum atomic E-state index is 13.0. The van der Waals surface area contributed by atoms with Gasteiger partial charge in [-0.3, -0.25) is 4.79 Å². The maximum absolute atomic E-state index is 13.0. The van der Waals surface area contributed by atoms with Gasteiger partial charge in [-0.15, -0.1) is 0 Å². The third kappa shape index (κ3) is 3.91. The fourth-order valence-corrected chi connectivity index (χ4v) is 3.37. The summed E-state index contributed by atoms with van der Waals surface area (Å²) in [5, 5.41) is 3.07. The van der Waals surface area contributed by atoms with Gasteiger partial charge in [0.05, 0.1) is 5.56 Å². The molecule has 2 rings (SSSR count). The number of amides is 1. The van der Waals surface area contributed by atoms with Crippen LogP contribution in [0.3, 0.4) is 0 Å². The predicted molar refractivity (Wildman–Crippen MR) is 82.6 cm³/mol. The van der Waals surface area contributed by atoms with E-state index in [9.17, 15) is 9.18 Å². The lowest BCUT2D eigenvalue weighted by Gasteiger charge is -2.28. The number of rotatable bonds is 3. The normalized spacial score (nSPS) is 23.1. The Hall–Kier alpha value is -0.650. The van der Waals surface area contributed by atoms with Gasteiger partial charge < -0.3 is 5.32 Å². The summed E-state index contributed by atoms with van der Waals surface area (Å²) in [6.45, 7) is 2.23. The first-order valence-corrected chi connectivity index (χ1v) is 7.94. The third-order valence-corrected chi connectivity index (χ3v) is 4.83. The van der Waals surface area contributed by atoms with Crippen LogP contribution in [0.2, 0.25) is 0 Å². The Morgan fingerprint density at radius 2 is 2.05 bits per heavy atom. The first-order chi connectivity index (χ1) is 9.10. The largest absolute Gasteiger partial charge is 0.349 e. The van der Waals surface area contributed by atoms with Crippen LogP contribution in [0.1, 0.15) is 49.4 Å². The average molecular weight is 375 g/mol. The van der Waals surface area contributed by atoms with Crippen molar-refractivity contribution in [1.82, 2.24) is 5.32 Å². The van der Waals surface area contributed by atoms with Gasteiger partial charge in [0, 0.05) is 9.61 Å². The van der Waals surface area contributed by atoms with Crippen LogP contribution in [-0.4, -0.2) is 11.9 Å². The number of halogens is 2. The third-order valence-electron chi connectivity index (χ3n) is 3.94. The molecule has 1 N–H and O–H groups in total. The predicted octanol–water partition coefficient (Wildman–Crippen LogP) is 4.13. The molecule has 1 aromatic carbocycles. The molecule has 0 unspecified atom stereocenters. The second-order valence-electron chi connectivity index (χ2n) is 5.22. The van der Waals surface area contributed by atoms with Crippen LogP contribution in [0.15, 0.2) is 18.2 Å². The van der Waals surface area contributed by atoms with Crippen LogP contribution in [0.25, 0.3) is 0 Å². The topological polar surface area (TPSA) is 29.1 Å². The van der Waals surface area contributed by atoms with Crippen LogP contribution in [-0.2, 0) is 0 Å². The van der Waals surface area contributed by atoms with Gasteiger partial charge >= 0.3 is 0 Å². The standard InChI is InChI=1S/C15H19FINO/c1-2-10-3-6-12(7-4-10)18-15(19)13-8-5-11(16)9-14(13)17/h5,8-10,12H,2-4,6-7H2,1H3,(H,18,19). The van der Waals surface area contributed by atoms with E-state index in [0.29, 0.717) is 9.13 Å². The summed E-state index contributed by atoms with van der Waals surface area (Å²) in [5.74, 6) is 0.438. The van der Waals surface area contributed by atoms with Gasteiger partial charge in [0.15, 0.2) is 0 Å². The summed E-state index contributed by atoms with van der Waals surface area (Å²) in [4.78, 5) is 12.2. The van der Waals surface area contributed by atoms with Crippen molar-refractivity contribution >= 4 is 28.5 Å². The van der Waals surface area contributed by atoms with Crippen molar-refractivity contribution in [2.45, 2.75) is 45.1 Å². The molecular weight excluding hydrogens is 356 g/mol. The molecular formula is C15H19FINO. The van der Waals surface area contributed by atoms with Crippen LogP contribution in [0.5, 0.6) is 0 Å². The Kier molecular flexibility index (Phi) is 5.19. The monoisotopic (exact) mass is 375 g/mol. The van der Waals surface area contributed by atoms with Gasteiger partial charge in [0.25, 0.3) is 5.91 Å². The molecule has 0 atom stereocenters. The van der Waals surface area contributed by atoms with Gasteiger partial charge in [0.2, 0.25) is 0 Å². The lowest BCUT2D eigenvalue weighted by Crippen LogP contribution is -2.37. The molecule has 104 valence electrons. The highest BCUT2D eigenvalue weighted by molar-refractivity contribution is 14.1. The second kappa shape index (κ2) is 6.68. The molecule has 0 heterocycles. The highest BCUT2D eigenvalue weighted by Crippen LogP contribution is 2.26. The lowest BCUT2D eigenvalue weighted by molar-refractivity contribution is 0.0920. The molecule has 1 aliphatic rings. The molecule has 1 amide bonds. The number of carbonyl (C=O) groups excluding carboxylic acids is 1. The number of hydrogen-bond acceptors (Lipinski definition) is 1. The van der Waals surface area contributed by atoms with E-state index < -0.39 is 0 Å². The maximum Gasteiger partial charge on any atom is 0.252 e. The van der Waals surface area contributed by atoms with E-state index >= 15 is 0 Å². The SMILES string of the molecule is CCC1CCC(NC(=O)c2ccc(F)cc2I)CC1. The highest BCUT2D eigenvalue weighted by atomic mass is 127. The molecule has 0 radical (unpaired) electrons. The smallest absolute Gasteiger partial charge is 0.252 e. The Morgan fingerprint density at radius 3 is 2.63 bits per heavy atom. The van der Waals surface area contributed by atoms with Gasteiger partial charge in [-0.2, -0.15) is 0 Å². The summed E-state index contributed by atoms with van der Waals surface area (Å²) in [6.07, 6.45) is 5.74. The second-order valence-corrected chi connectivity index (χ2v) is 6.39. The molecule has 1 aromatic rings. The molecule has 1 fully saturated rings. The zero-order chi connectivity index (χ0) is 13.8. The Morgan fingerprint density at radius 1 is 1.37 bits per heavy atom. The highest BCUT2D eigenvalue weighted by Gasteiger charge is 2.22. The minimum Gasteiger partial charge on any atom is -0.349 e. The zero-order valence-electron chi connectivity index (χ0n) is 11.1. The van der Waals surface area contributed by atoms with E-state index in [2.05, 4.69) is 12.2 Å². The van der Waals surface area contributed by atoms with Gasteiger partial charge in [0.1, 0.15) is 5.82 Å². The molecule has 4 heteroatoms. The minimum absolute atomic E-state index is 0.0793. The quantitative estimate of drug-likeness (QED) is 0.791. The molecule has 0 aromatic heterocycles. The van der Waals surface area contributed by atoms with Crippen molar-refractivity contribution in [2.75, 3.05) is 0 Å². The Balaban J connectivity index is 1.94. The van der Waals surface area contributed by atoms with Crippen molar-refractivity contribution in [1.29, 1.82) is 0 Å². The molecule has 19 heavy (non-hydrogen) atoms. The first kappa shape index (κ1) is 14.8. The number of hydrogen-bond donors (Lipinski definition) is 1. The Bertz CT molecular complexity index is 455. The molecule has 0 bridgehead atoms.